The van der Waals surface area contributed by atoms with Crippen LogP contribution in [0.5, 0.6) is 5.75 Å². The Balaban J connectivity index is 1.73. The molecule has 4 rings (SSSR count). The third kappa shape index (κ3) is 3.53. The number of rotatable bonds is 6. The quantitative estimate of drug-likeness (QED) is 0.545. The molecule has 0 radical (unpaired) electrons. The van der Waals surface area contributed by atoms with Crippen molar-refractivity contribution in [1.29, 1.82) is 0 Å². The van der Waals surface area contributed by atoms with Crippen molar-refractivity contribution in [3.8, 4) is 5.75 Å². The summed E-state index contributed by atoms with van der Waals surface area (Å²) in [5.41, 5.74) is 0.328. The Morgan fingerprint density at radius 1 is 1.07 bits per heavy atom. The average Bonchev–Trinajstić information content (AvgIpc) is 2.95. The second kappa shape index (κ2) is 8.05. The predicted molar refractivity (Wildman–Crippen MR) is 118 cm³/mol. The maximum Gasteiger partial charge on any atom is 0.264 e. The van der Waals surface area contributed by atoms with E-state index in [0.717, 1.165) is 10.0 Å². The first-order valence-corrected chi connectivity index (χ1v) is 10.3. The molecule has 6 heteroatoms. The SMILES string of the molecule is COc1ccccc1C(=O)C[C@@]1(O)C(=O)N(Cc2ccccc2)c2ccc(Br)cc21. The van der Waals surface area contributed by atoms with Crippen molar-refractivity contribution in [2.45, 2.75) is 18.6 Å². The molecule has 152 valence electrons. The van der Waals surface area contributed by atoms with E-state index in [1.807, 2.05) is 36.4 Å². The van der Waals surface area contributed by atoms with E-state index in [9.17, 15) is 14.7 Å². The van der Waals surface area contributed by atoms with E-state index in [2.05, 4.69) is 15.9 Å². The molecule has 3 aromatic rings. The number of halogens is 1. The summed E-state index contributed by atoms with van der Waals surface area (Å²) in [4.78, 5) is 28.0. The number of amides is 1. The van der Waals surface area contributed by atoms with Crippen LogP contribution in [0.4, 0.5) is 5.69 Å². The molecule has 1 N–H and O–H groups in total. The molecule has 0 aromatic heterocycles. The van der Waals surface area contributed by atoms with Crippen LogP contribution in [0.15, 0.2) is 77.3 Å². The van der Waals surface area contributed by atoms with Crippen LogP contribution in [0, 0.1) is 0 Å². The number of Topliss-reactive ketones (excluding diaryl/α,β-unsaturated/α-hetero) is 1. The van der Waals surface area contributed by atoms with Crippen LogP contribution in [0.25, 0.3) is 0 Å². The molecule has 1 amide bonds. The van der Waals surface area contributed by atoms with Gasteiger partial charge in [0.25, 0.3) is 5.91 Å². The van der Waals surface area contributed by atoms with E-state index in [0.29, 0.717) is 29.1 Å². The smallest absolute Gasteiger partial charge is 0.264 e. The zero-order valence-corrected chi connectivity index (χ0v) is 17.9. The van der Waals surface area contributed by atoms with Crippen LogP contribution >= 0.6 is 15.9 Å². The Morgan fingerprint density at radius 3 is 2.50 bits per heavy atom. The van der Waals surface area contributed by atoms with E-state index in [1.54, 1.807) is 36.4 Å². The second-order valence-electron chi connectivity index (χ2n) is 7.20. The summed E-state index contributed by atoms with van der Waals surface area (Å²) < 4.78 is 6.00. The van der Waals surface area contributed by atoms with E-state index in [-0.39, 0.29) is 12.2 Å². The summed E-state index contributed by atoms with van der Waals surface area (Å²) in [6, 6.07) is 21.6. The molecule has 0 saturated carbocycles. The molecule has 0 spiro atoms. The summed E-state index contributed by atoms with van der Waals surface area (Å²) in [7, 11) is 1.48. The lowest BCUT2D eigenvalue weighted by atomic mass is 9.88. The van der Waals surface area contributed by atoms with Gasteiger partial charge >= 0.3 is 0 Å². The van der Waals surface area contributed by atoms with Crippen molar-refractivity contribution in [3.63, 3.8) is 0 Å². The number of methoxy groups -OCH3 is 1. The number of aliphatic hydroxyl groups is 1. The molecule has 0 fully saturated rings. The molecule has 30 heavy (non-hydrogen) atoms. The van der Waals surface area contributed by atoms with Gasteiger partial charge in [-0.3, -0.25) is 9.59 Å². The topological polar surface area (TPSA) is 66.8 Å². The van der Waals surface area contributed by atoms with E-state index in [4.69, 9.17) is 4.74 Å². The fourth-order valence-corrected chi connectivity index (χ4v) is 4.18. The van der Waals surface area contributed by atoms with Crippen molar-refractivity contribution in [2.24, 2.45) is 0 Å². The Kier molecular flexibility index (Phi) is 5.45. The molecule has 1 aliphatic heterocycles. The predicted octanol–water partition coefficient (Wildman–Crippen LogP) is 4.47. The number of carbonyl (C=O) groups is 2. The first-order valence-electron chi connectivity index (χ1n) is 9.48. The lowest BCUT2D eigenvalue weighted by Gasteiger charge is -2.23. The molecule has 1 aliphatic rings. The second-order valence-corrected chi connectivity index (χ2v) is 8.11. The van der Waals surface area contributed by atoms with Gasteiger partial charge in [0.1, 0.15) is 5.75 Å². The normalized spacial score (nSPS) is 17.7. The Morgan fingerprint density at radius 2 is 1.77 bits per heavy atom. The van der Waals surface area contributed by atoms with Crippen molar-refractivity contribution in [1.82, 2.24) is 0 Å². The molecule has 0 bridgehead atoms. The van der Waals surface area contributed by atoms with Crippen molar-refractivity contribution < 1.29 is 19.4 Å². The van der Waals surface area contributed by atoms with Crippen molar-refractivity contribution >= 4 is 33.3 Å². The van der Waals surface area contributed by atoms with Gasteiger partial charge in [-0.15, -0.1) is 0 Å². The number of benzene rings is 3. The number of carbonyl (C=O) groups excluding carboxylic acids is 2. The lowest BCUT2D eigenvalue weighted by molar-refractivity contribution is -0.136. The first-order chi connectivity index (χ1) is 14.4. The summed E-state index contributed by atoms with van der Waals surface area (Å²) in [5, 5.41) is 11.5. The fourth-order valence-electron chi connectivity index (χ4n) is 3.82. The summed E-state index contributed by atoms with van der Waals surface area (Å²) in [6.45, 7) is 0.305. The number of ether oxygens (including phenoxy) is 1. The van der Waals surface area contributed by atoms with Crippen molar-refractivity contribution in [3.05, 3.63) is 94.0 Å². The van der Waals surface area contributed by atoms with E-state index < -0.39 is 11.5 Å². The minimum atomic E-state index is -1.95. The van der Waals surface area contributed by atoms with Crippen molar-refractivity contribution in [2.75, 3.05) is 12.0 Å². The summed E-state index contributed by atoms with van der Waals surface area (Å²) in [6.07, 6.45) is -0.374. The van der Waals surface area contributed by atoms with Gasteiger partial charge in [-0.2, -0.15) is 0 Å². The molecular formula is C24H20BrNO4. The van der Waals surface area contributed by atoms with Crippen LogP contribution < -0.4 is 9.64 Å². The van der Waals surface area contributed by atoms with Gasteiger partial charge in [-0.25, -0.2) is 0 Å². The molecule has 3 aromatic carbocycles. The maximum atomic E-state index is 13.4. The number of para-hydroxylation sites is 1. The van der Waals surface area contributed by atoms with Gasteiger partial charge in [-0.1, -0.05) is 58.4 Å². The highest BCUT2D eigenvalue weighted by Crippen LogP contribution is 2.45. The average molecular weight is 466 g/mol. The maximum absolute atomic E-state index is 13.4. The number of fused-ring (bicyclic) bond motifs is 1. The number of hydrogen-bond acceptors (Lipinski definition) is 4. The summed E-state index contributed by atoms with van der Waals surface area (Å²) in [5.74, 6) is -0.467. The van der Waals surface area contributed by atoms with Crippen LogP contribution in [0.1, 0.15) is 27.9 Å². The molecule has 0 aliphatic carbocycles. The standard InChI is InChI=1S/C24H20BrNO4/c1-30-22-10-6-5-9-18(22)21(27)14-24(29)19-13-17(25)11-12-20(19)26(23(24)28)15-16-7-3-2-4-8-16/h2-13,29H,14-15H2,1H3/t24-/m0/s1. The highest BCUT2D eigenvalue weighted by molar-refractivity contribution is 9.10. The third-order valence-electron chi connectivity index (χ3n) is 5.30. The van der Waals surface area contributed by atoms with Gasteiger partial charge < -0.3 is 14.7 Å². The van der Waals surface area contributed by atoms with Crippen LogP contribution in [0.2, 0.25) is 0 Å². The zero-order valence-electron chi connectivity index (χ0n) is 16.3. The lowest BCUT2D eigenvalue weighted by Crippen LogP contribution is -2.41. The Bertz CT molecular complexity index is 1120. The van der Waals surface area contributed by atoms with Crippen LogP contribution in [-0.2, 0) is 16.9 Å². The largest absolute Gasteiger partial charge is 0.496 e. The number of hydrogen-bond donors (Lipinski definition) is 1. The molecule has 0 saturated heterocycles. The van der Waals surface area contributed by atoms with Gasteiger partial charge in [0.05, 0.1) is 31.3 Å². The third-order valence-corrected chi connectivity index (χ3v) is 5.79. The van der Waals surface area contributed by atoms with Gasteiger partial charge in [0.15, 0.2) is 11.4 Å². The van der Waals surface area contributed by atoms with Gasteiger partial charge in [-0.05, 0) is 35.9 Å². The zero-order chi connectivity index (χ0) is 21.3. The van der Waals surface area contributed by atoms with Crippen LogP contribution in [0.3, 0.4) is 0 Å². The van der Waals surface area contributed by atoms with Crippen LogP contribution in [-0.4, -0.2) is 23.9 Å². The number of anilines is 1. The van der Waals surface area contributed by atoms with Gasteiger partial charge in [0.2, 0.25) is 0 Å². The van der Waals surface area contributed by atoms with Gasteiger partial charge in [0, 0.05) is 10.0 Å². The molecule has 0 unspecified atom stereocenters. The highest BCUT2D eigenvalue weighted by atomic mass is 79.9. The highest BCUT2D eigenvalue weighted by Gasteiger charge is 2.51. The van der Waals surface area contributed by atoms with E-state index in [1.165, 1.54) is 12.0 Å². The molecule has 1 atom stereocenters. The molecule has 1 heterocycles. The fraction of sp³-hybridized carbons (Fsp3) is 0.167. The number of nitrogens with zero attached hydrogens (tertiary/aromatic N) is 1. The first kappa shape index (κ1) is 20.3. The van der Waals surface area contributed by atoms with E-state index >= 15 is 0 Å². The minimum Gasteiger partial charge on any atom is -0.496 e. The molecule has 5 nitrogen and oxygen atoms in total. The monoisotopic (exact) mass is 465 g/mol. The summed E-state index contributed by atoms with van der Waals surface area (Å²) >= 11 is 3.41. The Labute approximate surface area is 183 Å². The molecular weight excluding hydrogens is 446 g/mol. The minimum absolute atomic E-state index is 0.305. The number of ketones is 1. The Hall–Kier alpha value is -2.96.